The molecule has 1 amide bonds. The molecule has 36 heavy (non-hydrogen) atoms. The Morgan fingerprint density at radius 3 is 2.61 bits per heavy atom. The van der Waals surface area contributed by atoms with E-state index < -0.39 is 12.8 Å². The highest BCUT2D eigenvalue weighted by Gasteiger charge is 2.29. The first-order valence-corrected chi connectivity index (χ1v) is 12.9. The van der Waals surface area contributed by atoms with Crippen LogP contribution in [-0.2, 0) is 17.6 Å². The number of carbonyl (C=O) groups excluding carboxylic acids is 1. The average molecular weight is 509 g/mol. The molecule has 0 radical (unpaired) electrons. The van der Waals surface area contributed by atoms with Crippen molar-refractivity contribution in [1.82, 2.24) is 14.8 Å². The van der Waals surface area contributed by atoms with Crippen molar-refractivity contribution >= 4 is 12.1 Å². The van der Waals surface area contributed by atoms with Crippen molar-refractivity contribution in [3.05, 3.63) is 35.2 Å². The lowest BCUT2D eigenvalue weighted by Crippen LogP contribution is -2.29. The molecule has 0 saturated heterocycles. The zero-order valence-corrected chi connectivity index (χ0v) is 21.7. The molecule has 0 atom stereocenters. The van der Waals surface area contributed by atoms with Crippen LogP contribution in [0.1, 0.15) is 56.7 Å². The summed E-state index contributed by atoms with van der Waals surface area (Å²) >= 11 is 0. The van der Waals surface area contributed by atoms with Crippen LogP contribution in [0.3, 0.4) is 0 Å². The minimum absolute atomic E-state index is 0.0432. The summed E-state index contributed by atoms with van der Waals surface area (Å²) in [5.41, 5.74) is 2.95. The summed E-state index contributed by atoms with van der Waals surface area (Å²) in [5, 5.41) is 0. The number of amides is 1. The lowest BCUT2D eigenvalue weighted by Gasteiger charge is -2.28. The smallest absolute Gasteiger partial charge is 0.422 e. The van der Waals surface area contributed by atoms with Crippen LogP contribution in [0.2, 0.25) is 0 Å². The summed E-state index contributed by atoms with van der Waals surface area (Å²) in [6.45, 7) is 3.44. The lowest BCUT2D eigenvalue weighted by atomic mass is 9.81. The minimum Gasteiger partial charge on any atom is -0.468 e. The largest absolute Gasteiger partial charge is 0.468 e. The molecule has 1 aromatic rings. The molecule has 0 bridgehead atoms. The number of hydrogen-bond acceptors (Lipinski definition) is 5. The normalized spacial score (nSPS) is 21.8. The molecule has 0 unspecified atom stereocenters. The molecule has 1 saturated carbocycles. The highest BCUT2D eigenvalue weighted by atomic mass is 19.4. The second-order valence-electron chi connectivity index (χ2n) is 10.4. The molecular weight excluding hydrogens is 469 g/mol. The number of halogens is 3. The SMILES string of the molecule is C/C(=C\N(C)C)CC(=O)N=CC1CCC(CCN2CCc3ccc(OCC(F)(F)F)nc3CC2)CC1. The number of alkyl halides is 3. The molecule has 3 rings (SSSR count). The van der Waals surface area contributed by atoms with Gasteiger partial charge in [0, 0.05) is 51.6 Å². The van der Waals surface area contributed by atoms with Crippen LogP contribution in [0, 0.1) is 11.8 Å². The van der Waals surface area contributed by atoms with Gasteiger partial charge in [0.15, 0.2) is 6.61 Å². The Morgan fingerprint density at radius 1 is 1.19 bits per heavy atom. The number of ether oxygens (including phenoxy) is 1. The fraction of sp³-hybridized carbons (Fsp3) is 0.667. The molecule has 1 fully saturated rings. The van der Waals surface area contributed by atoms with Gasteiger partial charge in [0.2, 0.25) is 11.8 Å². The molecular formula is C27H39F3N4O2. The molecule has 1 aromatic heterocycles. The third kappa shape index (κ3) is 9.91. The van der Waals surface area contributed by atoms with Crippen LogP contribution in [0.25, 0.3) is 0 Å². The van der Waals surface area contributed by atoms with Gasteiger partial charge in [-0.25, -0.2) is 9.98 Å². The van der Waals surface area contributed by atoms with E-state index in [4.69, 9.17) is 4.74 Å². The third-order valence-corrected chi connectivity index (χ3v) is 6.87. The number of pyridine rings is 1. The van der Waals surface area contributed by atoms with Gasteiger partial charge < -0.3 is 14.5 Å². The van der Waals surface area contributed by atoms with Crippen LogP contribution in [0.15, 0.2) is 28.9 Å². The summed E-state index contributed by atoms with van der Waals surface area (Å²) in [6, 6.07) is 3.39. The molecule has 6 nitrogen and oxygen atoms in total. The van der Waals surface area contributed by atoms with Gasteiger partial charge in [0.05, 0.1) is 6.42 Å². The summed E-state index contributed by atoms with van der Waals surface area (Å²) < 4.78 is 42.1. The van der Waals surface area contributed by atoms with Crippen molar-refractivity contribution in [2.24, 2.45) is 16.8 Å². The lowest BCUT2D eigenvalue weighted by molar-refractivity contribution is -0.154. The predicted molar refractivity (Wildman–Crippen MR) is 135 cm³/mol. The predicted octanol–water partition coefficient (Wildman–Crippen LogP) is 5.07. The topological polar surface area (TPSA) is 58.0 Å². The van der Waals surface area contributed by atoms with Crippen LogP contribution in [0.4, 0.5) is 13.2 Å². The molecule has 0 aromatic carbocycles. The molecule has 9 heteroatoms. The standard InChI is InChI=1S/C27H39F3N4O2/c1-20(18-33(2)3)16-25(35)31-17-22-6-4-21(5-7-22)10-13-34-14-11-23-8-9-26(32-24(23)12-15-34)36-19-27(28,29)30/h8-9,17-18,21-22H,4-7,10-16,19H2,1-3H3/b20-18+,31-17?. The van der Waals surface area contributed by atoms with Crippen LogP contribution >= 0.6 is 0 Å². The second kappa shape index (κ2) is 13.2. The highest BCUT2D eigenvalue weighted by Crippen LogP contribution is 2.30. The zero-order valence-electron chi connectivity index (χ0n) is 21.7. The number of aromatic nitrogens is 1. The van der Waals surface area contributed by atoms with Crippen molar-refractivity contribution in [2.75, 3.05) is 40.3 Å². The summed E-state index contributed by atoms with van der Waals surface area (Å²) in [5.74, 6) is 1.03. The van der Waals surface area contributed by atoms with Crippen LogP contribution in [-0.4, -0.2) is 73.4 Å². The number of carbonyl (C=O) groups is 1. The van der Waals surface area contributed by atoms with E-state index in [1.54, 1.807) is 0 Å². The summed E-state index contributed by atoms with van der Waals surface area (Å²) in [7, 11) is 3.88. The Balaban J connectivity index is 1.37. The minimum atomic E-state index is -4.36. The Hall–Kier alpha value is -2.42. The van der Waals surface area contributed by atoms with E-state index in [0.717, 1.165) is 81.4 Å². The highest BCUT2D eigenvalue weighted by molar-refractivity contribution is 5.87. The van der Waals surface area contributed by atoms with E-state index in [1.165, 1.54) is 6.07 Å². The first-order chi connectivity index (χ1) is 17.1. The molecule has 1 aliphatic carbocycles. The quantitative estimate of drug-likeness (QED) is 0.436. The van der Waals surface area contributed by atoms with Crippen molar-refractivity contribution in [3.63, 3.8) is 0 Å². The molecule has 2 aliphatic rings. The number of aliphatic imine (C=N–C) groups is 1. The van der Waals surface area contributed by atoms with Gasteiger partial charge in [-0.3, -0.25) is 4.79 Å². The van der Waals surface area contributed by atoms with Crippen molar-refractivity contribution in [1.29, 1.82) is 0 Å². The Morgan fingerprint density at radius 2 is 1.92 bits per heavy atom. The van der Waals surface area contributed by atoms with E-state index >= 15 is 0 Å². The fourth-order valence-corrected chi connectivity index (χ4v) is 5.02. The number of rotatable bonds is 9. The van der Waals surface area contributed by atoms with Gasteiger partial charge in [0.1, 0.15) is 0 Å². The number of nitrogens with zero attached hydrogens (tertiary/aromatic N) is 4. The van der Waals surface area contributed by atoms with Crippen molar-refractivity contribution in [2.45, 2.75) is 64.5 Å². The van der Waals surface area contributed by atoms with Crippen molar-refractivity contribution in [3.8, 4) is 5.88 Å². The molecule has 0 N–H and O–H groups in total. The average Bonchev–Trinajstić information content (AvgIpc) is 3.01. The third-order valence-electron chi connectivity index (χ3n) is 6.87. The zero-order chi connectivity index (χ0) is 26.1. The first kappa shape index (κ1) is 28.2. The van der Waals surface area contributed by atoms with E-state index in [1.807, 2.05) is 44.4 Å². The monoisotopic (exact) mass is 508 g/mol. The summed E-state index contributed by atoms with van der Waals surface area (Å²) in [4.78, 5) is 25.0. The van der Waals surface area contributed by atoms with Gasteiger partial charge in [-0.2, -0.15) is 13.2 Å². The maximum atomic E-state index is 12.4. The van der Waals surface area contributed by atoms with E-state index in [-0.39, 0.29) is 11.8 Å². The first-order valence-electron chi connectivity index (χ1n) is 12.9. The molecule has 0 spiro atoms. The van der Waals surface area contributed by atoms with Gasteiger partial charge in [0.25, 0.3) is 0 Å². The van der Waals surface area contributed by atoms with Crippen LogP contribution in [0.5, 0.6) is 5.88 Å². The fourth-order valence-electron chi connectivity index (χ4n) is 5.02. The van der Waals surface area contributed by atoms with Gasteiger partial charge in [-0.1, -0.05) is 6.07 Å². The maximum absolute atomic E-state index is 12.4. The number of fused-ring (bicyclic) bond motifs is 1. The Kier molecular flexibility index (Phi) is 10.3. The van der Waals surface area contributed by atoms with Crippen LogP contribution < -0.4 is 4.74 Å². The van der Waals surface area contributed by atoms with E-state index in [2.05, 4.69) is 14.9 Å². The number of hydrogen-bond donors (Lipinski definition) is 0. The molecule has 2 heterocycles. The van der Waals surface area contributed by atoms with E-state index in [0.29, 0.717) is 18.3 Å². The maximum Gasteiger partial charge on any atom is 0.422 e. The van der Waals surface area contributed by atoms with Crippen molar-refractivity contribution < 1.29 is 22.7 Å². The molecule has 1 aliphatic heterocycles. The summed E-state index contributed by atoms with van der Waals surface area (Å²) in [6.07, 6.45) is 6.98. The van der Waals surface area contributed by atoms with E-state index in [9.17, 15) is 18.0 Å². The van der Waals surface area contributed by atoms with Gasteiger partial charge >= 0.3 is 6.18 Å². The van der Waals surface area contributed by atoms with Gasteiger partial charge in [-0.15, -0.1) is 0 Å². The van der Waals surface area contributed by atoms with Gasteiger partial charge in [-0.05, 0) is 81.2 Å². The second-order valence-corrected chi connectivity index (χ2v) is 10.4. The molecule has 200 valence electrons. The Labute approximate surface area is 212 Å². The Bertz CT molecular complexity index is 922.